The van der Waals surface area contributed by atoms with E-state index in [2.05, 4.69) is 47.6 Å². The highest BCUT2D eigenvalue weighted by atomic mass is 79.9. The molecule has 8 nitrogen and oxygen atoms in total. The van der Waals surface area contributed by atoms with Gasteiger partial charge in [-0.15, -0.1) is 0 Å². The van der Waals surface area contributed by atoms with Gasteiger partial charge in [-0.25, -0.2) is 14.0 Å². The second kappa shape index (κ2) is 7.92. The Hall–Kier alpha value is -2.66. The van der Waals surface area contributed by atoms with Crippen LogP contribution in [0.5, 0.6) is 6.08 Å². The number of nitrogens with one attached hydrogen (secondary N) is 2. The number of urea groups is 1. The highest BCUT2D eigenvalue weighted by Crippen LogP contribution is 2.32. The average Bonchev–Trinajstić information content (AvgIpc) is 3.00. The smallest absolute Gasteiger partial charge is 0.444 e. The molecule has 0 saturated carbocycles. The number of aromatic nitrogens is 2. The summed E-state index contributed by atoms with van der Waals surface area (Å²) in [6.07, 6.45) is -0.156. The molecule has 0 aliphatic rings. The van der Waals surface area contributed by atoms with E-state index in [-0.39, 0.29) is 6.08 Å². The Bertz CT molecular complexity index is 1030. The number of hydrogen-bond donors (Lipinski definition) is 2. The van der Waals surface area contributed by atoms with Crippen LogP contribution in [0.2, 0.25) is 0 Å². The summed E-state index contributed by atoms with van der Waals surface area (Å²) >= 11 is 6.38. The van der Waals surface area contributed by atoms with Crippen molar-refractivity contribution in [3.8, 4) is 11.8 Å². The van der Waals surface area contributed by atoms with Crippen LogP contribution in [0.25, 0.3) is 5.69 Å². The first-order valence-corrected chi connectivity index (χ1v) is 8.93. The van der Waals surface area contributed by atoms with Crippen LogP contribution in [0.3, 0.4) is 0 Å². The maximum Gasteiger partial charge on any atom is 0.444 e. The van der Waals surface area contributed by atoms with E-state index < -0.39 is 17.6 Å². The van der Waals surface area contributed by atoms with Crippen LogP contribution in [0.15, 0.2) is 54.6 Å². The molecule has 0 spiro atoms. The number of hydrogen-bond acceptors (Lipinski definition) is 5. The van der Waals surface area contributed by atoms with Crippen molar-refractivity contribution in [2.24, 2.45) is 0 Å². The molecule has 0 unspecified atom stereocenters. The second-order valence-corrected chi connectivity index (χ2v) is 6.83. The lowest BCUT2D eigenvalue weighted by molar-refractivity contribution is 0.262. The molecule has 0 bridgehead atoms. The van der Waals surface area contributed by atoms with E-state index in [9.17, 15) is 14.0 Å². The molecule has 2 aromatic carbocycles. The number of rotatable bonds is 4. The van der Waals surface area contributed by atoms with Gasteiger partial charge in [-0.05, 0) is 68.3 Å². The summed E-state index contributed by atoms with van der Waals surface area (Å²) < 4.78 is 24.6. The molecule has 2 N–H and O–H groups in total. The van der Waals surface area contributed by atoms with Gasteiger partial charge in [0.2, 0.25) is 0 Å². The minimum absolute atomic E-state index is 0.156. The molecular weight excluding hydrogens is 491 g/mol. The molecule has 0 fully saturated rings. The molecule has 1 heterocycles. The van der Waals surface area contributed by atoms with Gasteiger partial charge in [-0.1, -0.05) is 5.10 Å². The molecular formula is C16H11Br2FN4O4. The lowest BCUT2D eigenvalue weighted by atomic mass is 10.3. The van der Waals surface area contributed by atoms with Gasteiger partial charge in [0.05, 0.1) is 18.5 Å². The predicted molar refractivity (Wildman–Crippen MR) is 103 cm³/mol. The second-order valence-electron chi connectivity index (χ2n) is 5.12. The minimum atomic E-state index is -0.698. The van der Waals surface area contributed by atoms with Gasteiger partial charge >= 0.3 is 17.9 Å². The Morgan fingerprint density at radius 3 is 2.37 bits per heavy atom. The first kappa shape index (κ1) is 19.1. The number of methoxy groups -OCH3 is 1. The Morgan fingerprint density at radius 2 is 1.81 bits per heavy atom. The Morgan fingerprint density at radius 1 is 1.19 bits per heavy atom. The van der Waals surface area contributed by atoms with Gasteiger partial charge in [0.1, 0.15) is 5.82 Å². The number of nitrogens with zero attached hydrogens (tertiary/aromatic N) is 2. The van der Waals surface area contributed by atoms with Crippen LogP contribution in [0.4, 0.5) is 20.6 Å². The van der Waals surface area contributed by atoms with Crippen molar-refractivity contribution in [3.63, 3.8) is 0 Å². The lowest BCUT2D eigenvalue weighted by Gasteiger charge is -2.11. The summed E-state index contributed by atoms with van der Waals surface area (Å²) in [6, 6.07) is 8.24. The van der Waals surface area contributed by atoms with Crippen molar-refractivity contribution in [2.75, 3.05) is 17.7 Å². The van der Waals surface area contributed by atoms with E-state index in [4.69, 9.17) is 9.15 Å². The van der Waals surface area contributed by atoms with Gasteiger partial charge in [0.25, 0.3) is 0 Å². The molecule has 0 atom stereocenters. The number of carbonyl (C=O) groups is 1. The van der Waals surface area contributed by atoms with E-state index >= 15 is 0 Å². The van der Waals surface area contributed by atoms with E-state index in [0.29, 0.717) is 26.0 Å². The topological polar surface area (TPSA) is 98.4 Å². The fourth-order valence-electron chi connectivity index (χ4n) is 2.13. The molecule has 2 amide bonds. The highest BCUT2D eigenvalue weighted by molar-refractivity contribution is 9.11. The molecule has 3 rings (SSSR count). The molecule has 1 aromatic heterocycles. The van der Waals surface area contributed by atoms with Crippen LogP contribution in [-0.2, 0) is 0 Å². The third-order valence-electron chi connectivity index (χ3n) is 3.32. The molecule has 0 aliphatic carbocycles. The summed E-state index contributed by atoms with van der Waals surface area (Å²) in [5.74, 6) is -1.15. The van der Waals surface area contributed by atoms with Gasteiger partial charge in [0, 0.05) is 14.6 Å². The number of halogens is 3. The average molecular weight is 502 g/mol. The van der Waals surface area contributed by atoms with Crippen LogP contribution in [0.1, 0.15) is 0 Å². The van der Waals surface area contributed by atoms with E-state index in [1.807, 2.05) is 0 Å². The zero-order valence-corrected chi connectivity index (χ0v) is 16.8. The summed E-state index contributed by atoms with van der Waals surface area (Å²) in [6.45, 7) is 0. The van der Waals surface area contributed by atoms with Gasteiger partial charge in [-0.3, -0.25) is 0 Å². The van der Waals surface area contributed by atoms with Crippen LogP contribution in [-0.4, -0.2) is 22.9 Å². The molecule has 11 heteroatoms. The highest BCUT2D eigenvalue weighted by Gasteiger charge is 2.13. The minimum Gasteiger partial charge on any atom is -0.452 e. The maximum atomic E-state index is 13.3. The zero-order valence-electron chi connectivity index (χ0n) is 13.6. The lowest BCUT2D eigenvalue weighted by Crippen LogP contribution is -2.20. The first-order valence-electron chi connectivity index (χ1n) is 7.34. The zero-order chi connectivity index (χ0) is 19.6. The Balaban J connectivity index is 1.72. The first-order chi connectivity index (χ1) is 12.9. The number of amides is 2. The molecule has 27 heavy (non-hydrogen) atoms. The third kappa shape index (κ3) is 4.37. The van der Waals surface area contributed by atoms with Crippen molar-refractivity contribution in [2.45, 2.75) is 0 Å². The SMILES string of the molecule is COc1nn(-c2ccc(NC(=O)Nc3c(Br)cc(F)cc3Br)cc2)c(=O)o1. The molecule has 3 aromatic rings. The number of carbonyl (C=O) groups excluding carboxylic acids is 1. The van der Waals surface area contributed by atoms with Crippen molar-refractivity contribution < 1.29 is 18.3 Å². The summed E-state index contributed by atoms with van der Waals surface area (Å²) in [4.78, 5) is 23.9. The van der Waals surface area contributed by atoms with Crippen LogP contribution in [0, 0.1) is 5.82 Å². The number of ether oxygens (including phenoxy) is 1. The summed E-state index contributed by atoms with van der Waals surface area (Å²) in [5, 5.41) is 9.08. The number of benzene rings is 2. The van der Waals surface area contributed by atoms with E-state index in [0.717, 1.165) is 4.68 Å². The fourth-order valence-corrected chi connectivity index (χ4v) is 3.46. The van der Waals surface area contributed by atoms with Gasteiger partial charge in [-0.2, -0.15) is 4.68 Å². The van der Waals surface area contributed by atoms with Gasteiger partial charge < -0.3 is 19.8 Å². The van der Waals surface area contributed by atoms with Crippen molar-refractivity contribution in [3.05, 3.63) is 61.7 Å². The van der Waals surface area contributed by atoms with Crippen molar-refractivity contribution in [1.82, 2.24) is 9.78 Å². The summed E-state index contributed by atoms with van der Waals surface area (Å²) in [7, 11) is 1.33. The fraction of sp³-hybridized carbons (Fsp3) is 0.0625. The van der Waals surface area contributed by atoms with Crippen LogP contribution < -0.4 is 21.1 Å². The maximum absolute atomic E-state index is 13.3. The normalized spacial score (nSPS) is 10.5. The summed E-state index contributed by atoms with van der Waals surface area (Å²) in [5.41, 5.74) is 1.28. The van der Waals surface area contributed by atoms with Crippen molar-refractivity contribution >= 4 is 49.3 Å². The molecule has 0 aliphatic heterocycles. The Kier molecular flexibility index (Phi) is 5.61. The predicted octanol–water partition coefficient (Wildman–Crippen LogP) is 4.14. The largest absolute Gasteiger partial charge is 0.452 e. The number of anilines is 2. The third-order valence-corrected chi connectivity index (χ3v) is 4.57. The molecule has 0 radical (unpaired) electrons. The van der Waals surface area contributed by atoms with Crippen molar-refractivity contribution in [1.29, 1.82) is 0 Å². The quantitative estimate of drug-likeness (QED) is 0.559. The molecule has 0 saturated heterocycles. The van der Waals surface area contributed by atoms with E-state index in [1.54, 1.807) is 24.3 Å². The standard InChI is InChI=1S/C16H11Br2FN4O4/c1-26-15-22-23(16(25)27-15)10-4-2-9(3-5-10)20-14(24)21-13-11(17)6-8(19)7-12(13)18/h2-7H,1H3,(H2,20,21,24). The van der Waals surface area contributed by atoms with Crippen LogP contribution >= 0.6 is 31.9 Å². The molecule has 140 valence electrons. The monoisotopic (exact) mass is 500 g/mol. The van der Waals surface area contributed by atoms with Gasteiger partial charge in [0.15, 0.2) is 0 Å². The Labute approximate surface area is 168 Å². The van der Waals surface area contributed by atoms with E-state index in [1.165, 1.54) is 19.2 Å².